The monoisotopic (exact) mass is 350 g/mol. The van der Waals surface area contributed by atoms with Gasteiger partial charge in [-0.3, -0.25) is 0 Å². The van der Waals surface area contributed by atoms with Crippen LogP contribution in [-0.4, -0.2) is 38.9 Å². The Bertz CT molecular complexity index is 572. The molecule has 1 aliphatic heterocycles. The Labute approximate surface area is 136 Å². The molecule has 1 aliphatic rings. The number of halogens is 2. The second kappa shape index (κ2) is 7.29. The fourth-order valence-corrected chi connectivity index (χ4v) is 5.15. The number of rotatable bonds is 5. The van der Waals surface area contributed by atoms with Crippen molar-refractivity contribution in [2.45, 2.75) is 36.6 Å². The third kappa shape index (κ3) is 4.11. The Morgan fingerprint density at radius 3 is 2.52 bits per heavy atom. The van der Waals surface area contributed by atoms with E-state index in [1.165, 1.54) is 18.2 Å². The van der Waals surface area contributed by atoms with E-state index in [0.717, 1.165) is 32.2 Å². The van der Waals surface area contributed by atoms with Gasteiger partial charge >= 0.3 is 0 Å². The van der Waals surface area contributed by atoms with Crippen molar-refractivity contribution in [2.24, 2.45) is 0 Å². The molecule has 1 saturated heterocycles. The average Bonchev–Trinajstić information content (AvgIpc) is 2.44. The highest BCUT2D eigenvalue weighted by atomic mass is 35.5. The van der Waals surface area contributed by atoms with Crippen molar-refractivity contribution >= 4 is 33.2 Å². The quantitative estimate of drug-likeness (QED) is 0.887. The van der Waals surface area contributed by atoms with E-state index in [9.17, 15) is 8.42 Å². The lowest BCUT2D eigenvalue weighted by Gasteiger charge is -2.34. The van der Waals surface area contributed by atoms with Crippen LogP contribution < -0.4 is 5.32 Å². The molecule has 1 heterocycles. The Balaban J connectivity index is 2.31. The normalized spacial score (nSPS) is 20.6. The first-order valence-electron chi connectivity index (χ1n) is 7.07. The Hall–Kier alpha value is -0.330. The summed E-state index contributed by atoms with van der Waals surface area (Å²) in [7, 11) is -1.68. The molecule has 1 fully saturated rings. The standard InChI is InChI=1S/C14H20Cl2N2O2S/c1-17-6-5-13-4-2-3-7-18(13)21(19,20)14-9-11(15)8-12(16)10-14/h8-10,13,17H,2-7H2,1H3. The van der Waals surface area contributed by atoms with E-state index in [1.807, 2.05) is 7.05 Å². The van der Waals surface area contributed by atoms with Crippen LogP contribution >= 0.6 is 23.2 Å². The first-order chi connectivity index (χ1) is 9.95. The molecule has 0 spiro atoms. The summed E-state index contributed by atoms with van der Waals surface area (Å²) < 4.78 is 27.3. The second-order valence-corrected chi connectivity index (χ2v) is 8.03. The Morgan fingerprint density at radius 2 is 1.90 bits per heavy atom. The van der Waals surface area contributed by atoms with Gasteiger partial charge in [0.2, 0.25) is 10.0 Å². The van der Waals surface area contributed by atoms with Gasteiger partial charge in [0.25, 0.3) is 0 Å². The second-order valence-electron chi connectivity index (χ2n) is 5.26. The minimum absolute atomic E-state index is 0.0361. The van der Waals surface area contributed by atoms with Gasteiger partial charge in [-0.05, 0) is 51.1 Å². The Morgan fingerprint density at radius 1 is 1.24 bits per heavy atom. The summed E-state index contributed by atoms with van der Waals surface area (Å²) in [6.45, 7) is 1.35. The molecule has 4 nitrogen and oxygen atoms in total. The van der Waals surface area contributed by atoms with Gasteiger partial charge in [0.15, 0.2) is 0 Å². The molecule has 1 aromatic rings. The average molecular weight is 351 g/mol. The molecule has 1 unspecified atom stereocenters. The van der Waals surface area contributed by atoms with Crippen LogP contribution in [0.4, 0.5) is 0 Å². The highest BCUT2D eigenvalue weighted by Crippen LogP contribution is 2.30. The highest BCUT2D eigenvalue weighted by Gasteiger charge is 2.33. The van der Waals surface area contributed by atoms with E-state index >= 15 is 0 Å². The highest BCUT2D eigenvalue weighted by molar-refractivity contribution is 7.89. The Kier molecular flexibility index (Phi) is 5.91. The number of hydrogen-bond acceptors (Lipinski definition) is 3. The molecule has 21 heavy (non-hydrogen) atoms. The number of hydrogen-bond donors (Lipinski definition) is 1. The van der Waals surface area contributed by atoms with Gasteiger partial charge < -0.3 is 5.32 Å². The summed E-state index contributed by atoms with van der Waals surface area (Å²) in [6, 6.07) is 4.50. The molecule has 0 saturated carbocycles. The lowest BCUT2D eigenvalue weighted by molar-refractivity contribution is 0.240. The van der Waals surface area contributed by atoms with Gasteiger partial charge in [-0.15, -0.1) is 0 Å². The topological polar surface area (TPSA) is 49.4 Å². The van der Waals surface area contributed by atoms with E-state index in [2.05, 4.69) is 5.32 Å². The van der Waals surface area contributed by atoms with Gasteiger partial charge in [-0.25, -0.2) is 8.42 Å². The van der Waals surface area contributed by atoms with Gasteiger partial charge in [-0.1, -0.05) is 29.6 Å². The minimum Gasteiger partial charge on any atom is -0.320 e. The lowest BCUT2D eigenvalue weighted by Crippen LogP contribution is -2.44. The molecule has 0 amide bonds. The van der Waals surface area contributed by atoms with Crippen molar-refractivity contribution in [1.82, 2.24) is 9.62 Å². The zero-order valence-corrected chi connectivity index (χ0v) is 14.3. The van der Waals surface area contributed by atoms with Crippen LogP contribution in [0.5, 0.6) is 0 Å². The van der Waals surface area contributed by atoms with E-state index in [1.54, 1.807) is 4.31 Å². The number of piperidine rings is 1. The zero-order chi connectivity index (χ0) is 15.5. The van der Waals surface area contributed by atoms with Crippen molar-refractivity contribution in [3.63, 3.8) is 0 Å². The third-order valence-corrected chi connectivity index (χ3v) is 6.11. The smallest absolute Gasteiger partial charge is 0.243 e. The number of nitrogens with zero attached hydrogens (tertiary/aromatic N) is 1. The third-order valence-electron chi connectivity index (χ3n) is 3.74. The maximum atomic E-state index is 12.9. The molecule has 118 valence electrons. The molecular weight excluding hydrogens is 331 g/mol. The number of benzene rings is 1. The first kappa shape index (κ1) is 17.0. The van der Waals surface area contributed by atoms with E-state index < -0.39 is 10.0 Å². The molecule has 0 aromatic heterocycles. The molecule has 7 heteroatoms. The van der Waals surface area contributed by atoms with Crippen LogP contribution in [0.3, 0.4) is 0 Å². The summed E-state index contributed by atoms with van der Waals surface area (Å²) in [5.74, 6) is 0. The summed E-state index contributed by atoms with van der Waals surface area (Å²) in [4.78, 5) is 0.177. The van der Waals surface area contributed by atoms with Crippen LogP contribution in [0, 0.1) is 0 Å². The first-order valence-corrected chi connectivity index (χ1v) is 9.27. The van der Waals surface area contributed by atoms with Crippen LogP contribution in [-0.2, 0) is 10.0 Å². The van der Waals surface area contributed by atoms with Crippen LogP contribution in [0.25, 0.3) is 0 Å². The molecule has 1 N–H and O–H groups in total. The van der Waals surface area contributed by atoms with E-state index in [0.29, 0.717) is 16.6 Å². The predicted octanol–water partition coefficient (Wildman–Crippen LogP) is 3.15. The predicted molar refractivity (Wildman–Crippen MR) is 86.5 cm³/mol. The summed E-state index contributed by atoms with van der Waals surface area (Å²) in [5.41, 5.74) is 0. The van der Waals surface area contributed by atoms with Crippen LogP contribution in [0.15, 0.2) is 23.1 Å². The van der Waals surface area contributed by atoms with Crippen molar-refractivity contribution in [1.29, 1.82) is 0 Å². The molecular formula is C14H20Cl2N2O2S. The largest absolute Gasteiger partial charge is 0.320 e. The molecule has 1 atom stereocenters. The van der Waals surface area contributed by atoms with Crippen molar-refractivity contribution in [3.8, 4) is 0 Å². The van der Waals surface area contributed by atoms with Crippen LogP contribution in [0.1, 0.15) is 25.7 Å². The summed E-state index contributed by atoms with van der Waals surface area (Å²) in [5, 5.41) is 3.76. The molecule has 0 aliphatic carbocycles. The SMILES string of the molecule is CNCCC1CCCCN1S(=O)(=O)c1cc(Cl)cc(Cl)c1. The van der Waals surface area contributed by atoms with E-state index in [-0.39, 0.29) is 10.9 Å². The molecule has 1 aromatic carbocycles. The fourth-order valence-electron chi connectivity index (χ4n) is 2.70. The van der Waals surface area contributed by atoms with Crippen molar-refractivity contribution in [3.05, 3.63) is 28.2 Å². The van der Waals surface area contributed by atoms with Crippen molar-refractivity contribution < 1.29 is 8.42 Å². The molecule has 2 rings (SSSR count). The molecule has 0 radical (unpaired) electrons. The number of sulfonamides is 1. The van der Waals surface area contributed by atoms with Gasteiger partial charge in [0.05, 0.1) is 4.90 Å². The fraction of sp³-hybridized carbons (Fsp3) is 0.571. The maximum Gasteiger partial charge on any atom is 0.243 e. The minimum atomic E-state index is -3.55. The lowest BCUT2D eigenvalue weighted by atomic mass is 10.0. The molecule has 0 bridgehead atoms. The zero-order valence-electron chi connectivity index (χ0n) is 12.0. The maximum absolute atomic E-state index is 12.9. The summed E-state index contributed by atoms with van der Waals surface area (Å²) in [6.07, 6.45) is 3.67. The summed E-state index contributed by atoms with van der Waals surface area (Å²) >= 11 is 11.9. The van der Waals surface area contributed by atoms with E-state index in [4.69, 9.17) is 23.2 Å². The van der Waals surface area contributed by atoms with Gasteiger partial charge in [0.1, 0.15) is 0 Å². The van der Waals surface area contributed by atoms with Gasteiger partial charge in [-0.2, -0.15) is 4.31 Å². The number of nitrogens with one attached hydrogen (secondary N) is 1. The van der Waals surface area contributed by atoms with Gasteiger partial charge in [0, 0.05) is 22.6 Å². The van der Waals surface area contributed by atoms with Crippen LogP contribution in [0.2, 0.25) is 10.0 Å². The van der Waals surface area contributed by atoms with Crippen molar-refractivity contribution in [2.75, 3.05) is 20.1 Å².